The SMILES string of the molecule is C=C(C)C(=O)c1cccc(Sc2cccc(C(=O)C(=C)C)c2S)c1S. The van der Waals surface area contributed by atoms with Crippen LogP contribution in [0.1, 0.15) is 34.6 Å². The van der Waals surface area contributed by atoms with Crippen LogP contribution in [0.25, 0.3) is 0 Å². The molecule has 0 fully saturated rings. The molecular formula is C20H18O2S3. The highest BCUT2D eigenvalue weighted by Crippen LogP contribution is 2.38. The molecule has 0 aliphatic heterocycles. The van der Waals surface area contributed by atoms with E-state index in [0.717, 1.165) is 9.79 Å². The first-order valence-electron chi connectivity index (χ1n) is 7.46. The molecule has 2 aromatic carbocycles. The van der Waals surface area contributed by atoms with E-state index in [-0.39, 0.29) is 11.6 Å². The van der Waals surface area contributed by atoms with E-state index in [0.29, 0.717) is 32.1 Å². The largest absolute Gasteiger partial charge is 0.289 e. The van der Waals surface area contributed by atoms with Crippen molar-refractivity contribution in [3.05, 3.63) is 71.8 Å². The van der Waals surface area contributed by atoms with Gasteiger partial charge in [0.1, 0.15) is 0 Å². The van der Waals surface area contributed by atoms with Gasteiger partial charge >= 0.3 is 0 Å². The summed E-state index contributed by atoms with van der Waals surface area (Å²) in [4.78, 5) is 27.3. The molecule has 2 nitrogen and oxygen atoms in total. The maximum Gasteiger partial charge on any atom is 0.189 e. The molecule has 0 aliphatic carbocycles. The first-order valence-corrected chi connectivity index (χ1v) is 9.17. The number of carbonyl (C=O) groups excluding carboxylic acids is 2. The van der Waals surface area contributed by atoms with E-state index in [1.165, 1.54) is 11.8 Å². The van der Waals surface area contributed by atoms with Crippen molar-refractivity contribution >= 4 is 48.6 Å². The molecule has 0 radical (unpaired) electrons. The number of rotatable bonds is 6. The van der Waals surface area contributed by atoms with Gasteiger partial charge in [-0.1, -0.05) is 37.1 Å². The van der Waals surface area contributed by atoms with Crippen LogP contribution in [0.3, 0.4) is 0 Å². The minimum Gasteiger partial charge on any atom is -0.289 e. The molecule has 0 saturated carbocycles. The van der Waals surface area contributed by atoms with Crippen LogP contribution in [0, 0.1) is 0 Å². The van der Waals surface area contributed by atoms with Crippen molar-refractivity contribution in [2.24, 2.45) is 0 Å². The summed E-state index contributed by atoms with van der Waals surface area (Å²) < 4.78 is 0. The summed E-state index contributed by atoms with van der Waals surface area (Å²) in [6.07, 6.45) is 0. The molecule has 2 rings (SSSR count). The molecule has 0 amide bonds. The van der Waals surface area contributed by atoms with Crippen LogP contribution in [0.2, 0.25) is 0 Å². The van der Waals surface area contributed by atoms with Crippen LogP contribution in [0.15, 0.2) is 80.3 Å². The lowest BCUT2D eigenvalue weighted by Crippen LogP contribution is -2.02. The van der Waals surface area contributed by atoms with E-state index in [9.17, 15) is 9.59 Å². The zero-order valence-electron chi connectivity index (χ0n) is 14.0. The number of hydrogen-bond donors (Lipinski definition) is 2. The van der Waals surface area contributed by atoms with E-state index in [2.05, 4.69) is 38.4 Å². The Balaban J connectivity index is 2.45. The van der Waals surface area contributed by atoms with Crippen molar-refractivity contribution < 1.29 is 9.59 Å². The summed E-state index contributed by atoms with van der Waals surface area (Å²) in [7, 11) is 0. The quantitative estimate of drug-likeness (QED) is 0.367. The molecule has 2 aromatic rings. The summed E-state index contributed by atoms with van der Waals surface area (Å²) in [6.45, 7) is 10.7. The summed E-state index contributed by atoms with van der Waals surface area (Å²) in [6, 6.07) is 10.8. The minimum atomic E-state index is -0.134. The van der Waals surface area contributed by atoms with Gasteiger partial charge in [-0.15, -0.1) is 25.3 Å². The molecule has 0 aliphatic rings. The van der Waals surface area contributed by atoms with Gasteiger partial charge in [0.25, 0.3) is 0 Å². The van der Waals surface area contributed by atoms with Gasteiger partial charge in [0, 0.05) is 30.7 Å². The number of thiol groups is 2. The molecule has 128 valence electrons. The van der Waals surface area contributed by atoms with Gasteiger partial charge in [-0.3, -0.25) is 9.59 Å². The van der Waals surface area contributed by atoms with Gasteiger partial charge in [-0.05, 0) is 49.3 Å². The Labute approximate surface area is 163 Å². The predicted molar refractivity (Wildman–Crippen MR) is 110 cm³/mol. The molecule has 0 bridgehead atoms. The number of benzene rings is 2. The van der Waals surface area contributed by atoms with Gasteiger partial charge in [0.05, 0.1) is 0 Å². The Hall–Kier alpha value is -1.69. The second-order valence-corrected chi connectivity index (χ2v) is 7.60. The lowest BCUT2D eigenvalue weighted by molar-refractivity contribution is 0.102. The molecule has 0 unspecified atom stereocenters. The van der Waals surface area contributed by atoms with Crippen molar-refractivity contribution in [1.29, 1.82) is 0 Å². The summed E-state index contributed by atoms with van der Waals surface area (Å²) >= 11 is 10.5. The van der Waals surface area contributed by atoms with Gasteiger partial charge in [-0.25, -0.2) is 0 Å². The summed E-state index contributed by atoms with van der Waals surface area (Å²) in [5.41, 5.74) is 1.94. The maximum absolute atomic E-state index is 12.2. The van der Waals surface area contributed by atoms with Gasteiger partial charge in [-0.2, -0.15) is 0 Å². The summed E-state index contributed by atoms with van der Waals surface area (Å²) in [5.74, 6) is -0.269. The number of Topliss-reactive ketones (excluding diaryl/α,β-unsaturated/α-hetero) is 2. The van der Waals surface area contributed by atoms with Crippen LogP contribution in [-0.4, -0.2) is 11.6 Å². The molecule has 5 heteroatoms. The Morgan fingerprint density at radius 3 is 1.48 bits per heavy atom. The fraction of sp³-hybridized carbons (Fsp3) is 0.100. The number of carbonyl (C=O) groups is 2. The third-order valence-corrected chi connectivity index (χ3v) is 5.87. The van der Waals surface area contributed by atoms with Gasteiger partial charge < -0.3 is 0 Å². The average Bonchev–Trinajstić information content (AvgIpc) is 2.57. The van der Waals surface area contributed by atoms with Crippen LogP contribution < -0.4 is 0 Å². The molecule has 0 spiro atoms. The Morgan fingerprint density at radius 2 is 1.16 bits per heavy atom. The Bertz CT molecular complexity index is 824. The molecule has 0 N–H and O–H groups in total. The highest BCUT2D eigenvalue weighted by atomic mass is 32.2. The van der Waals surface area contributed by atoms with Crippen molar-refractivity contribution in [1.82, 2.24) is 0 Å². The number of allylic oxidation sites excluding steroid dienone is 2. The van der Waals surface area contributed by atoms with Crippen LogP contribution in [0.4, 0.5) is 0 Å². The molecule has 0 saturated heterocycles. The minimum absolute atomic E-state index is 0.134. The zero-order chi connectivity index (χ0) is 18.7. The highest BCUT2D eigenvalue weighted by Gasteiger charge is 2.17. The standard InChI is InChI=1S/C20H18O2S3/c1-11(2)17(21)13-7-5-9-15(19(13)23)25-16-10-6-8-14(20(16)24)18(22)12(3)4/h5-10,23-24H,1,3H2,2,4H3. The zero-order valence-corrected chi connectivity index (χ0v) is 16.6. The molecule has 25 heavy (non-hydrogen) atoms. The van der Waals surface area contributed by atoms with E-state index >= 15 is 0 Å². The molecule has 0 aromatic heterocycles. The number of ketones is 2. The second kappa shape index (κ2) is 8.13. The van der Waals surface area contributed by atoms with E-state index < -0.39 is 0 Å². The van der Waals surface area contributed by atoms with Crippen molar-refractivity contribution in [3.8, 4) is 0 Å². The Morgan fingerprint density at radius 1 is 0.800 bits per heavy atom. The number of hydrogen-bond acceptors (Lipinski definition) is 5. The van der Waals surface area contributed by atoms with Crippen molar-refractivity contribution in [3.63, 3.8) is 0 Å². The fourth-order valence-corrected chi connectivity index (χ4v) is 3.87. The predicted octanol–water partition coefficient (Wildman–Crippen LogP) is 5.93. The monoisotopic (exact) mass is 386 g/mol. The van der Waals surface area contributed by atoms with E-state index in [1.54, 1.807) is 38.1 Å². The van der Waals surface area contributed by atoms with Crippen molar-refractivity contribution in [2.75, 3.05) is 0 Å². The molecule has 0 atom stereocenters. The molecular weight excluding hydrogens is 368 g/mol. The lowest BCUT2D eigenvalue weighted by atomic mass is 10.1. The van der Waals surface area contributed by atoms with E-state index in [1.807, 2.05) is 12.1 Å². The first-order chi connectivity index (χ1) is 11.7. The Kier molecular flexibility index (Phi) is 6.38. The topological polar surface area (TPSA) is 34.1 Å². The normalized spacial score (nSPS) is 10.4. The van der Waals surface area contributed by atoms with Gasteiger partial charge in [0.15, 0.2) is 11.6 Å². The van der Waals surface area contributed by atoms with E-state index in [4.69, 9.17) is 0 Å². The maximum atomic E-state index is 12.2. The highest BCUT2D eigenvalue weighted by molar-refractivity contribution is 8.00. The van der Waals surface area contributed by atoms with Crippen molar-refractivity contribution in [2.45, 2.75) is 33.4 Å². The summed E-state index contributed by atoms with van der Waals surface area (Å²) in [5, 5.41) is 0. The van der Waals surface area contributed by atoms with Crippen LogP contribution in [-0.2, 0) is 0 Å². The third kappa shape index (κ3) is 4.29. The average molecular weight is 387 g/mol. The smallest absolute Gasteiger partial charge is 0.189 e. The third-order valence-electron chi connectivity index (χ3n) is 3.48. The lowest BCUT2D eigenvalue weighted by Gasteiger charge is -2.12. The van der Waals surface area contributed by atoms with Crippen LogP contribution in [0.5, 0.6) is 0 Å². The van der Waals surface area contributed by atoms with Gasteiger partial charge in [0.2, 0.25) is 0 Å². The van der Waals surface area contributed by atoms with Crippen LogP contribution >= 0.6 is 37.0 Å². The fourth-order valence-electron chi connectivity index (χ4n) is 2.15. The second-order valence-electron chi connectivity index (χ2n) is 5.63. The first kappa shape index (κ1) is 19.6. The molecule has 0 heterocycles.